The zero-order valence-electron chi connectivity index (χ0n) is 15.9. The third-order valence-corrected chi connectivity index (χ3v) is 4.24. The largest absolute Gasteiger partial charge is 0.462 e. The van der Waals surface area contributed by atoms with Crippen molar-refractivity contribution < 1.29 is 14.6 Å². The Morgan fingerprint density at radius 3 is 2.11 bits per heavy atom. The lowest BCUT2D eigenvalue weighted by Crippen LogP contribution is -2.10. The maximum absolute atomic E-state index is 11.5. The van der Waals surface area contributed by atoms with E-state index >= 15 is 0 Å². The van der Waals surface area contributed by atoms with Crippen LogP contribution in [0.25, 0.3) is 0 Å². The molecule has 0 amide bonds. The first-order chi connectivity index (χ1) is 13.0. The number of hydrogen-bond acceptors (Lipinski definition) is 11. The average Bonchev–Trinajstić information content (AvgIpc) is 2.73. The highest BCUT2D eigenvalue weighted by Crippen LogP contribution is 2.17. The second-order valence-electron chi connectivity index (χ2n) is 4.73. The zero-order chi connectivity index (χ0) is 20.2. The van der Waals surface area contributed by atoms with Crippen molar-refractivity contribution in [3.05, 3.63) is 23.5 Å². The number of rotatable bonds is 7. The highest BCUT2D eigenvalue weighted by atomic mass is 32.2. The number of carbonyl (C=O) groups excluding carboxylic acids is 1. The van der Waals surface area contributed by atoms with E-state index in [0.717, 1.165) is 5.56 Å². The number of carbonyl (C=O) groups is 1. The number of anilines is 2. The van der Waals surface area contributed by atoms with Gasteiger partial charge in [-0.3, -0.25) is 0 Å². The molecule has 0 atom stereocenters. The number of hydrogen-bond donors (Lipinski definition) is 3. The van der Waals surface area contributed by atoms with Crippen LogP contribution in [0, 0.1) is 0 Å². The van der Waals surface area contributed by atoms with E-state index in [-0.39, 0.29) is 6.61 Å². The molecule has 0 spiro atoms. The molecule has 0 aliphatic carbocycles. The Morgan fingerprint density at radius 1 is 1.07 bits per heavy atom. The Balaban J connectivity index is 0.000000277. The molecule has 0 fully saturated rings. The number of thioether (sulfide) groups is 2. The average molecular weight is 413 g/mol. The van der Waals surface area contributed by atoms with E-state index < -0.39 is 5.97 Å². The minimum atomic E-state index is -0.408. The van der Waals surface area contributed by atoms with E-state index in [9.17, 15) is 4.79 Å². The molecule has 3 N–H and O–H groups in total. The molecule has 27 heavy (non-hydrogen) atoms. The van der Waals surface area contributed by atoms with Gasteiger partial charge >= 0.3 is 5.97 Å². The Hall–Kier alpha value is -2.11. The molecule has 2 aromatic rings. The van der Waals surface area contributed by atoms with Crippen molar-refractivity contribution in [2.24, 2.45) is 0 Å². The summed E-state index contributed by atoms with van der Waals surface area (Å²) < 4.78 is 4.88. The number of nitrogens with zero attached hydrogens (tertiary/aromatic N) is 4. The predicted octanol–water partition coefficient (Wildman–Crippen LogP) is 2.15. The summed E-state index contributed by atoms with van der Waals surface area (Å²) in [5.74, 6) is 0.777. The smallest absolute Gasteiger partial charge is 0.343 e. The van der Waals surface area contributed by atoms with Crippen molar-refractivity contribution in [2.75, 3.05) is 43.8 Å². The summed E-state index contributed by atoms with van der Waals surface area (Å²) in [5.41, 5.74) is 1.08. The van der Waals surface area contributed by atoms with Crippen molar-refractivity contribution >= 4 is 41.1 Å². The number of aliphatic hydroxyl groups excluding tert-OH is 1. The zero-order valence-corrected chi connectivity index (χ0v) is 17.6. The highest BCUT2D eigenvalue weighted by molar-refractivity contribution is 7.98. The Morgan fingerprint density at radius 2 is 1.63 bits per heavy atom. The lowest BCUT2D eigenvalue weighted by atomic mass is 10.3. The minimum Gasteiger partial charge on any atom is -0.462 e. The van der Waals surface area contributed by atoms with Gasteiger partial charge in [0.05, 0.1) is 13.2 Å². The van der Waals surface area contributed by atoms with Gasteiger partial charge in [0, 0.05) is 32.1 Å². The second-order valence-corrected chi connectivity index (χ2v) is 6.27. The van der Waals surface area contributed by atoms with Crippen molar-refractivity contribution in [1.29, 1.82) is 0 Å². The van der Waals surface area contributed by atoms with E-state index in [4.69, 9.17) is 9.84 Å². The first-order valence-electron chi connectivity index (χ1n) is 7.98. The fourth-order valence-electron chi connectivity index (χ4n) is 1.83. The molecule has 148 valence electrons. The quantitative estimate of drug-likeness (QED) is 0.352. The monoisotopic (exact) mass is 412 g/mol. The third-order valence-electron chi connectivity index (χ3n) is 3.11. The van der Waals surface area contributed by atoms with E-state index in [1.54, 1.807) is 27.2 Å². The molecular formula is C16H24N6O3S2. The van der Waals surface area contributed by atoms with Crippen LogP contribution in [0.15, 0.2) is 22.7 Å². The fourth-order valence-corrected chi connectivity index (χ4v) is 2.52. The fraction of sp³-hybridized carbons (Fsp3) is 0.438. The summed E-state index contributed by atoms with van der Waals surface area (Å²) in [6.45, 7) is 2.06. The van der Waals surface area contributed by atoms with Gasteiger partial charge in [-0.05, 0) is 19.4 Å². The Bertz CT molecular complexity index is 748. The van der Waals surface area contributed by atoms with Gasteiger partial charge in [-0.25, -0.2) is 24.7 Å². The first-order valence-corrected chi connectivity index (χ1v) is 10.4. The van der Waals surface area contributed by atoms with E-state index in [1.165, 1.54) is 29.7 Å². The Kier molecular flexibility index (Phi) is 10.5. The molecular weight excluding hydrogens is 388 g/mol. The van der Waals surface area contributed by atoms with Crippen LogP contribution in [-0.2, 0) is 11.3 Å². The summed E-state index contributed by atoms with van der Waals surface area (Å²) in [5, 5.41) is 16.0. The number of nitrogens with one attached hydrogen (secondary N) is 2. The van der Waals surface area contributed by atoms with Gasteiger partial charge < -0.3 is 20.5 Å². The molecule has 2 aromatic heterocycles. The van der Waals surface area contributed by atoms with Gasteiger partial charge in [0.25, 0.3) is 0 Å². The van der Waals surface area contributed by atoms with Crippen LogP contribution in [0.4, 0.5) is 11.6 Å². The molecule has 11 heteroatoms. The van der Waals surface area contributed by atoms with Gasteiger partial charge in [0.1, 0.15) is 17.2 Å². The number of esters is 1. The molecule has 0 bridgehead atoms. The van der Waals surface area contributed by atoms with Crippen LogP contribution in [0.1, 0.15) is 22.8 Å². The van der Waals surface area contributed by atoms with Crippen LogP contribution in [0.3, 0.4) is 0 Å². The molecule has 0 saturated carbocycles. The number of aliphatic hydroxyl groups is 1. The molecule has 9 nitrogen and oxygen atoms in total. The number of ether oxygens (including phenoxy) is 1. The molecule has 0 aromatic carbocycles. The Labute approximate surface area is 167 Å². The van der Waals surface area contributed by atoms with E-state index in [0.29, 0.717) is 34.1 Å². The summed E-state index contributed by atoms with van der Waals surface area (Å²) >= 11 is 2.89. The van der Waals surface area contributed by atoms with Crippen LogP contribution in [-0.4, -0.2) is 64.2 Å². The summed E-state index contributed by atoms with van der Waals surface area (Å²) in [6.07, 6.45) is 6.89. The maximum Gasteiger partial charge on any atom is 0.343 e. The van der Waals surface area contributed by atoms with Crippen molar-refractivity contribution in [3.8, 4) is 0 Å². The molecule has 2 heterocycles. The van der Waals surface area contributed by atoms with Crippen molar-refractivity contribution in [3.63, 3.8) is 0 Å². The maximum atomic E-state index is 11.5. The normalized spacial score (nSPS) is 9.85. The standard InChI is InChI=1S/C9H13N3O2S.C7H11N3OS/c1-4-14-8(13)6-5-11-9(15-3)12-7(6)10-2;1-8-6-5(4-11)3-9-7(10-6)12-2/h5H,4H2,1-3H3,(H,10,11,12);3,11H,4H2,1-2H3,(H,8,9,10). The van der Waals surface area contributed by atoms with Crippen LogP contribution in [0.2, 0.25) is 0 Å². The molecule has 0 radical (unpaired) electrons. The molecule has 0 unspecified atom stereocenters. The third kappa shape index (κ3) is 6.85. The highest BCUT2D eigenvalue weighted by Gasteiger charge is 2.14. The first kappa shape index (κ1) is 22.9. The second kappa shape index (κ2) is 12.3. The summed E-state index contributed by atoms with van der Waals surface area (Å²) in [7, 11) is 3.47. The van der Waals surface area contributed by atoms with Gasteiger partial charge in [0.15, 0.2) is 10.3 Å². The SMILES string of the molecule is CCOC(=O)c1cnc(SC)nc1NC.CNc1nc(SC)ncc1CO. The molecule has 2 rings (SSSR count). The van der Waals surface area contributed by atoms with Gasteiger partial charge in [-0.15, -0.1) is 0 Å². The van der Waals surface area contributed by atoms with E-state index in [1.807, 2.05) is 12.5 Å². The van der Waals surface area contributed by atoms with Crippen LogP contribution in [0.5, 0.6) is 0 Å². The predicted molar refractivity (Wildman–Crippen MR) is 109 cm³/mol. The summed E-state index contributed by atoms with van der Waals surface area (Å²) in [6, 6.07) is 0. The van der Waals surface area contributed by atoms with E-state index in [2.05, 4.69) is 30.6 Å². The topological polar surface area (TPSA) is 122 Å². The number of aromatic nitrogens is 4. The minimum absolute atomic E-state index is 0.0369. The van der Waals surface area contributed by atoms with Crippen molar-refractivity contribution in [1.82, 2.24) is 19.9 Å². The summed E-state index contributed by atoms with van der Waals surface area (Å²) in [4.78, 5) is 27.8. The van der Waals surface area contributed by atoms with Gasteiger partial charge in [-0.1, -0.05) is 23.5 Å². The van der Waals surface area contributed by atoms with Gasteiger partial charge in [0.2, 0.25) is 0 Å². The van der Waals surface area contributed by atoms with Crippen LogP contribution < -0.4 is 10.6 Å². The lowest BCUT2D eigenvalue weighted by molar-refractivity contribution is 0.0526. The van der Waals surface area contributed by atoms with Crippen LogP contribution >= 0.6 is 23.5 Å². The molecule has 0 aliphatic rings. The lowest BCUT2D eigenvalue weighted by Gasteiger charge is -2.07. The van der Waals surface area contributed by atoms with Crippen molar-refractivity contribution in [2.45, 2.75) is 23.8 Å². The molecule has 0 aliphatic heterocycles. The molecule has 0 saturated heterocycles. The van der Waals surface area contributed by atoms with Gasteiger partial charge in [-0.2, -0.15) is 0 Å².